The van der Waals surface area contributed by atoms with E-state index in [1.54, 1.807) is 24.6 Å². The summed E-state index contributed by atoms with van der Waals surface area (Å²) in [5.41, 5.74) is 1.74. The van der Waals surface area contributed by atoms with Crippen molar-refractivity contribution in [3.05, 3.63) is 45.0 Å². The molecule has 0 amide bonds. The van der Waals surface area contributed by atoms with Crippen LogP contribution >= 0.6 is 0 Å². The van der Waals surface area contributed by atoms with E-state index < -0.39 is 17.4 Å². The lowest BCUT2D eigenvalue weighted by atomic mass is 9.86. The normalized spacial score (nSPS) is 20.2. The molecular weight excluding hydrogens is 431 g/mol. The van der Waals surface area contributed by atoms with Crippen molar-refractivity contribution in [2.24, 2.45) is 0 Å². The fourth-order valence-corrected chi connectivity index (χ4v) is 5.18. The number of carbonyl (C=O) groups excluding carboxylic acids is 1. The Morgan fingerprint density at radius 1 is 1.27 bits per heavy atom. The SMILES string of the molecule is CC[C@@]1(O)C(=O)OCc2c1cc1n(c2=O)Cc2c-1nc1cc(F)c3c(c1c2NC)N(C)CO3. The number of halogens is 1. The number of nitrogens with zero attached hydrogens (tertiary/aromatic N) is 3. The number of anilines is 2. The molecule has 0 saturated heterocycles. The number of aromatic nitrogens is 2. The number of fused-ring (bicyclic) bond motifs is 7. The topological polar surface area (TPSA) is 106 Å². The second-order valence-corrected chi connectivity index (χ2v) is 8.57. The van der Waals surface area contributed by atoms with Crippen molar-refractivity contribution < 1.29 is 23.8 Å². The Kier molecular flexibility index (Phi) is 3.90. The van der Waals surface area contributed by atoms with Gasteiger partial charge >= 0.3 is 5.97 Å². The highest BCUT2D eigenvalue weighted by molar-refractivity contribution is 6.07. The Balaban J connectivity index is 1.68. The van der Waals surface area contributed by atoms with Crippen LogP contribution in [0.15, 0.2) is 16.9 Å². The van der Waals surface area contributed by atoms with Gasteiger partial charge in [-0.2, -0.15) is 0 Å². The molecule has 1 aromatic carbocycles. The highest BCUT2D eigenvalue weighted by atomic mass is 19.1. The lowest BCUT2D eigenvalue weighted by Gasteiger charge is -2.31. The van der Waals surface area contributed by atoms with Gasteiger partial charge in [0.1, 0.15) is 6.61 Å². The number of ether oxygens (including phenoxy) is 2. The number of aliphatic hydroxyl groups is 1. The molecule has 0 fully saturated rings. The first-order valence-corrected chi connectivity index (χ1v) is 10.7. The third-order valence-corrected chi connectivity index (χ3v) is 6.89. The van der Waals surface area contributed by atoms with Crippen molar-refractivity contribution in [3.63, 3.8) is 0 Å². The molecule has 9 nitrogen and oxygen atoms in total. The summed E-state index contributed by atoms with van der Waals surface area (Å²) in [6.07, 6.45) is 0.0607. The zero-order valence-corrected chi connectivity index (χ0v) is 18.3. The summed E-state index contributed by atoms with van der Waals surface area (Å²) >= 11 is 0. The van der Waals surface area contributed by atoms with Crippen molar-refractivity contribution in [2.45, 2.75) is 32.1 Å². The zero-order chi connectivity index (χ0) is 23.2. The second kappa shape index (κ2) is 6.44. The van der Waals surface area contributed by atoms with E-state index >= 15 is 0 Å². The van der Waals surface area contributed by atoms with E-state index in [1.807, 2.05) is 11.9 Å². The third kappa shape index (κ3) is 2.36. The van der Waals surface area contributed by atoms with Crippen LogP contribution in [0.25, 0.3) is 22.3 Å². The molecule has 33 heavy (non-hydrogen) atoms. The predicted molar refractivity (Wildman–Crippen MR) is 118 cm³/mol. The van der Waals surface area contributed by atoms with Crippen LogP contribution in [0.1, 0.15) is 30.0 Å². The summed E-state index contributed by atoms with van der Waals surface area (Å²) in [4.78, 5) is 32.3. The van der Waals surface area contributed by atoms with Crippen molar-refractivity contribution in [2.75, 3.05) is 31.0 Å². The molecule has 0 saturated carbocycles. The van der Waals surface area contributed by atoms with Gasteiger partial charge in [-0.3, -0.25) is 4.79 Å². The van der Waals surface area contributed by atoms with E-state index in [-0.39, 0.29) is 48.7 Å². The molecule has 170 valence electrons. The largest absolute Gasteiger partial charge is 0.468 e. The minimum atomic E-state index is -1.90. The summed E-state index contributed by atoms with van der Waals surface area (Å²) in [5.74, 6) is -1.11. The molecule has 0 unspecified atom stereocenters. The maximum atomic E-state index is 14.8. The minimum Gasteiger partial charge on any atom is -0.468 e. The third-order valence-electron chi connectivity index (χ3n) is 6.89. The molecule has 1 atom stereocenters. The summed E-state index contributed by atoms with van der Waals surface area (Å²) in [7, 11) is 3.58. The molecule has 0 spiro atoms. The van der Waals surface area contributed by atoms with Gasteiger partial charge in [0.05, 0.1) is 45.8 Å². The number of hydrogen-bond acceptors (Lipinski definition) is 8. The van der Waals surface area contributed by atoms with Gasteiger partial charge in [-0.05, 0) is 12.5 Å². The van der Waals surface area contributed by atoms with Gasteiger partial charge in [-0.1, -0.05) is 6.92 Å². The van der Waals surface area contributed by atoms with E-state index in [1.165, 1.54) is 6.07 Å². The Labute approximate surface area is 187 Å². The van der Waals surface area contributed by atoms with Crippen LogP contribution in [-0.2, 0) is 28.3 Å². The van der Waals surface area contributed by atoms with Crippen molar-refractivity contribution in [1.82, 2.24) is 9.55 Å². The van der Waals surface area contributed by atoms with E-state index in [0.717, 1.165) is 11.3 Å². The summed E-state index contributed by atoms with van der Waals surface area (Å²) in [5, 5.41) is 14.9. The second-order valence-electron chi connectivity index (χ2n) is 8.57. The first kappa shape index (κ1) is 20.0. The predicted octanol–water partition coefficient (Wildman–Crippen LogP) is 2.05. The highest BCUT2D eigenvalue weighted by Gasteiger charge is 2.45. The number of hydrogen-bond donors (Lipinski definition) is 2. The van der Waals surface area contributed by atoms with Crippen LogP contribution in [0.2, 0.25) is 0 Å². The number of carbonyl (C=O) groups is 1. The molecule has 0 aliphatic carbocycles. The standard InChI is InChI=1S/C23H21FN4O5/c1-4-23(31)12-5-15-17-10(7-28(15)21(29)11(12)8-32-22(23)30)18(25-2)16-14(26-17)6-13(24)20-19(16)27(3)9-33-20/h5-6,31H,4,7-9H2,1-3H3,(H,25,26)/t23-/m0/s1. The number of esters is 1. The number of pyridine rings is 2. The lowest BCUT2D eigenvalue weighted by Crippen LogP contribution is -2.44. The first-order valence-electron chi connectivity index (χ1n) is 10.7. The summed E-state index contributed by atoms with van der Waals surface area (Å²) in [6, 6.07) is 2.97. The average Bonchev–Trinajstić information content (AvgIpc) is 3.37. The van der Waals surface area contributed by atoms with Crippen LogP contribution in [-0.4, -0.2) is 41.5 Å². The number of benzene rings is 1. The van der Waals surface area contributed by atoms with Gasteiger partial charge in [0.2, 0.25) is 0 Å². The summed E-state index contributed by atoms with van der Waals surface area (Å²) < 4.78 is 27.0. The average molecular weight is 452 g/mol. The van der Waals surface area contributed by atoms with Gasteiger partial charge < -0.3 is 29.4 Å². The molecule has 0 bridgehead atoms. The quantitative estimate of drug-likeness (QED) is 0.445. The van der Waals surface area contributed by atoms with Gasteiger partial charge in [-0.25, -0.2) is 14.2 Å². The van der Waals surface area contributed by atoms with Gasteiger partial charge in [0.15, 0.2) is 23.9 Å². The number of rotatable bonds is 2. The number of nitrogens with one attached hydrogen (secondary N) is 1. The maximum absolute atomic E-state index is 14.8. The first-order chi connectivity index (χ1) is 15.8. The van der Waals surface area contributed by atoms with Gasteiger partial charge in [-0.15, -0.1) is 0 Å². The van der Waals surface area contributed by atoms with Crippen molar-refractivity contribution >= 4 is 28.2 Å². The Morgan fingerprint density at radius 3 is 2.79 bits per heavy atom. The molecule has 3 aliphatic rings. The van der Waals surface area contributed by atoms with Crippen LogP contribution in [0, 0.1) is 5.82 Å². The van der Waals surface area contributed by atoms with Crippen LogP contribution in [0.3, 0.4) is 0 Å². The van der Waals surface area contributed by atoms with Gasteiger partial charge in [0.25, 0.3) is 5.56 Å². The molecule has 2 N–H and O–H groups in total. The smallest absolute Gasteiger partial charge is 0.343 e. The molecule has 3 aliphatic heterocycles. The molecule has 10 heteroatoms. The fourth-order valence-electron chi connectivity index (χ4n) is 5.18. The van der Waals surface area contributed by atoms with Crippen LogP contribution in [0.5, 0.6) is 5.75 Å². The molecule has 5 heterocycles. The van der Waals surface area contributed by atoms with Gasteiger partial charge in [0, 0.05) is 31.3 Å². The molecule has 0 radical (unpaired) electrons. The fraction of sp³-hybridized carbons (Fsp3) is 0.348. The van der Waals surface area contributed by atoms with E-state index in [0.29, 0.717) is 28.0 Å². The van der Waals surface area contributed by atoms with Crippen molar-refractivity contribution in [3.8, 4) is 17.1 Å². The Hall–Kier alpha value is -3.66. The maximum Gasteiger partial charge on any atom is 0.343 e. The van der Waals surface area contributed by atoms with E-state index in [2.05, 4.69) is 5.32 Å². The van der Waals surface area contributed by atoms with E-state index in [9.17, 15) is 19.1 Å². The Bertz CT molecular complexity index is 1470. The van der Waals surface area contributed by atoms with Crippen LogP contribution < -0.4 is 20.5 Å². The Morgan fingerprint density at radius 2 is 2.06 bits per heavy atom. The molecule has 2 aromatic heterocycles. The molecular formula is C23H21FN4O5. The summed E-state index contributed by atoms with van der Waals surface area (Å²) in [6.45, 7) is 1.93. The highest BCUT2D eigenvalue weighted by Crippen LogP contribution is 2.48. The minimum absolute atomic E-state index is 0.0607. The molecule has 6 rings (SSSR count). The van der Waals surface area contributed by atoms with Crippen molar-refractivity contribution in [1.29, 1.82) is 0 Å². The molecule has 3 aromatic rings. The lowest BCUT2D eigenvalue weighted by molar-refractivity contribution is -0.172. The van der Waals surface area contributed by atoms with E-state index in [4.69, 9.17) is 14.5 Å². The zero-order valence-electron chi connectivity index (χ0n) is 18.3. The number of cyclic esters (lactones) is 1. The van der Waals surface area contributed by atoms with Crippen LogP contribution in [0.4, 0.5) is 15.8 Å². The monoisotopic (exact) mass is 452 g/mol.